The van der Waals surface area contributed by atoms with Crippen LogP contribution in [0.15, 0.2) is 36.4 Å². The fraction of sp³-hybridized carbons (Fsp3) is 0.409. The molecule has 0 unspecified atom stereocenters. The van der Waals surface area contributed by atoms with Crippen molar-refractivity contribution < 1.29 is 22.8 Å². The van der Waals surface area contributed by atoms with Gasteiger partial charge in [0.05, 0.1) is 16.8 Å². The van der Waals surface area contributed by atoms with E-state index in [0.717, 1.165) is 23.5 Å². The lowest BCUT2D eigenvalue weighted by atomic mass is 9.89. The van der Waals surface area contributed by atoms with Crippen LogP contribution in [0.2, 0.25) is 0 Å². The average molecular weight is 419 g/mol. The van der Waals surface area contributed by atoms with E-state index in [2.05, 4.69) is 10.3 Å². The highest BCUT2D eigenvalue weighted by Gasteiger charge is 2.31. The van der Waals surface area contributed by atoms with Crippen molar-refractivity contribution in [3.63, 3.8) is 0 Å². The van der Waals surface area contributed by atoms with Crippen LogP contribution in [0, 0.1) is 6.92 Å². The molecular weight excluding hydrogens is 395 g/mol. The SMILES string of the molecule is CCNC(=O)c1ccc(C)nc1C1CCN(C(=O)c2ccc(C(F)(F)F)cc2)CC1. The van der Waals surface area contributed by atoms with Gasteiger partial charge >= 0.3 is 6.18 Å². The first-order chi connectivity index (χ1) is 14.2. The van der Waals surface area contributed by atoms with E-state index in [1.165, 1.54) is 12.1 Å². The summed E-state index contributed by atoms with van der Waals surface area (Å²) in [7, 11) is 0. The quantitative estimate of drug-likeness (QED) is 0.809. The number of aromatic nitrogens is 1. The number of alkyl halides is 3. The highest BCUT2D eigenvalue weighted by Crippen LogP contribution is 2.31. The van der Waals surface area contributed by atoms with Gasteiger partial charge in [-0.25, -0.2) is 0 Å². The van der Waals surface area contributed by atoms with Gasteiger partial charge in [0.2, 0.25) is 0 Å². The zero-order valence-corrected chi connectivity index (χ0v) is 16.9. The molecule has 1 aliphatic heterocycles. The fourth-order valence-corrected chi connectivity index (χ4v) is 3.68. The fourth-order valence-electron chi connectivity index (χ4n) is 3.68. The summed E-state index contributed by atoms with van der Waals surface area (Å²) in [5.74, 6) is -0.411. The van der Waals surface area contributed by atoms with Gasteiger partial charge in [-0.2, -0.15) is 13.2 Å². The second-order valence-corrected chi connectivity index (χ2v) is 7.39. The minimum Gasteiger partial charge on any atom is -0.352 e. The Morgan fingerprint density at radius 2 is 1.73 bits per heavy atom. The van der Waals surface area contributed by atoms with Crippen LogP contribution < -0.4 is 5.32 Å². The van der Waals surface area contributed by atoms with Crippen LogP contribution in [0.25, 0.3) is 0 Å². The Bertz CT molecular complexity index is 918. The number of carbonyl (C=O) groups is 2. The van der Waals surface area contributed by atoms with Gasteiger partial charge in [-0.05, 0) is 63.1 Å². The standard InChI is InChI=1S/C22H24F3N3O2/c1-3-26-20(29)18-9-4-14(2)27-19(18)15-10-12-28(13-11-15)21(30)16-5-7-17(8-6-16)22(23,24)25/h4-9,15H,3,10-13H2,1-2H3,(H,26,29). The van der Waals surface area contributed by atoms with Gasteiger partial charge in [0.25, 0.3) is 11.8 Å². The summed E-state index contributed by atoms with van der Waals surface area (Å²) in [6, 6.07) is 7.86. The second-order valence-electron chi connectivity index (χ2n) is 7.39. The molecule has 2 aromatic rings. The number of amides is 2. The van der Waals surface area contributed by atoms with Crippen molar-refractivity contribution in [3.05, 3.63) is 64.5 Å². The minimum atomic E-state index is -4.43. The number of carbonyl (C=O) groups excluding carboxylic acids is 2. The molecule has 1 aliphatic rings. The maximum absolute atomic E-state index is 12.7. The molecule has 0 radical (unpaired) electrons. The maximum Gasteiger partial charge on any atom is 0.416 e. The number of rotatable bonds is 4. The first-order valence-corrected chi connectivity index (χ1v) is 9.93. The van der Waals surface area contributed by atoms with Crippen LogP contribution >= 0.6 is 0 Å². The molecule has 1 fully saturated rings. The first-order valence-electron chi connectivity index (χ1n) is 9.93. The lowest BCUT2D eigenvalue weighted by Crippen LogP contribution is -2.38. The van der Waals surface area contributed by atoms with E-state index in [0.29, 0.717) is 38.0 Å². The topological polar surface area (TPSA) is 62.3 Å². The summed E-state index contributed by atoms with van der Waals surface area (Å²) >= 11 is 0. The van der Waals surface area contributed by atoms with Crippen molar-refractivity contribution in [3.8, 4) is 0 Å². The second kappa shape index (κ2) is 8.85. The molecule has 1 aromatic carbocycles. The van der Waals surface area contributed by atoms with Crippen LogP contribution in [0.1, 0.15) is 63.4 Å². The predicted molar refractivity (Wildman–Crippen MR) is 106 cm³/mol. The molecule has 3 rings (SSSR count). The largest absolute Gasteiger partial charge is 0.416 e. The summed E-state index contributed by atoms with van der Waals surface area (Å²) < 4.78 is 38.1. The Kier molecular flexibility index (Phi) is 6.43. The molecule has 2 amide bonds. The zero-order chi connectivity index (χ0) is 21.9. The molecule has 0 aliphatic carbocycles. The summed E-state index contributed by atoms with van der Waals surface area (Å²) in [4.78, 5) is 31.3. The van der Waals surface area contributed by atoms with Gasteiger partial charge in [-0.3, -0.25) is 14.6 Å². The molecule has 1 saturated heterocycles. The molecule has 8 heteroatoms. The van der Waals surface area contributed by atoms with Crippen molar-refractivity contribution in [2.24, 2.45) is 0 Å². The number of likely N-dealkylation sites (tertiary alicyclic amines) is 1. The summed E-state index contributed by atoms with van der Waals surface area (Å²) in [5.41, 5.74) is 1.57. The molecule has 160 valence electrons. The van der Waals surface area contributed by atoms with Crippen LogP contribution in [0.5, 0.6) is 0 Å². The molecule has 30 heavy (non-hydrogen) atoms. The van der Waals surface area contributed by atoms with Gasteiger partial charge in [0, 0.05) is 36.8 Å². The number of nitrogens with zero attached hydrogens (tertiary/aromatic N) is 2. The van der Waals surface area contributed by atoms with Gasteiger partial charge in [-0.1, -0.05) is 0 Å². The Balaban J connectivity index is 1.70. The van der Waals surface area contributed by atoms with E-state index < -0.39 is 11.7 Å². The molecule has 0 bridgehead atoms. The van der Waals surface area contributed by atoms with Crippen LogP contribution in [-0.4, -0.2) is 41.3 Å². The van der Waals surface area contributed by atoms with Gasteiger partial charge in [-0.15, -0.1) is 0 Å². The van der Waals surface area contributed by atoms with E-state index in [9.17, 15) is 22.8 Å². The van der Waals surface area contributed by atoms with Crippen molar-refractivity contribution in [1.82, 2.24) is 15.2 Å². The van der Waals surface area contributed by atoms with E-state index in [4.69, 9.17) is 0 Å². The molecule has 0 atom stereocenters. The highest BCUT2D eigenvalue weighted by atomic mass is 19.4. The zero-order valence-electron chi connectivity index (χ0n) is 16.9. The number of halogens is 3. The third-order valence-electron chi connectivity index (χ3n) is 5.27. The average Bonchev–Trinajstić information content (AvgIpc) is 2.73. The van der Waals surface area contributed by atoms with Crippen molar-refractivity contribution >= 4 is 11.8 Å². The summed E-state index contributed by atoms with van der Waals surface area (Å²) in [6.07, 6.45) is -3.16. The van der Waals surface area contributed by atoms with E-state index in [-0.39, 0.29) is 23.3 Å². The number of hydrogen-bond donors (Lipinski definition) is 1. The number of piperidine rings is 1. The Labute approximate surface area is 173 Å². The third kappa shape index (κ3) is 4.80. The molecular formula is C22H24F3N3O2. The van der Waals surface area contributed by atoms with E-state index in [1.807, 2.05) is 13.8 Å². The molecule has 0 saturated carbocycles. The Morgan fingerprint density at radius 1 is 1.10 bits per heavy atom. The number of hydrogen-bond acceptors (Lipinski definition) is 3. The number of nitrogens with one attached hydrogen (secondary N) is 1. The lowest BCUT2D eigenvalue weighted by molar-refractivity contribution is -0.137. The maximum atomic E-state index is 12.7. The highest BCUT2D eigenvalue weighted by molar-refractivity contribution is 5.95. The molecule has 2 heterocycles. The van der Waals surface area contributed by atoms with Crippen LogP contribution in [0.4, 0.5) is 13.2 Å². The van der Waals surface area contributed by atoms with Gasteiger partial charge in [0.1, 0.15) is 0 Å². The first kappa shape index (κ1) is 21.8. The number of pyridine rings is 1. The van der Waals surface area contributed by atoms with Crippen molar-refractivity contribution in [2.75, 3.05) is 19.6 Å². The van der Waals surface area contributed by atoms with Gasteiger partial charge in [0.15, 0.2) is 0 Å². The number of benzene rings is 1. The van der Waals surface area contributed by atoms with E-state index >= 15 is 0 Å². The van der Waals surface area contributed by atoms with Crippen LogP contribution in [-0.2, 0) is 6.18 Å². The predicted octanol–water partition coefficient (Wildman–Crippen LogP) is 4.18. The molecule has 1 aromatic heterocycles. The normalized spacial score (nSPS) is 15.2. The summed E-state index contributed by atoms with van der Waals surface area (Å²) in [6.45, 7) is 5.15. The van der Waals surface area contributed by atoms with Crippen molar-refractivity contribution in [1.29, 1.82) is 0 Å². The molecule has 1 N–H and O–H groups in total. The Morgan fingerprint density at radius 3 is 2.30 bits per heavy atom. The molecule has 5 nitrogen and oxygen atoms in total. The van der Waals surface area contributed by atoms with Gasteiger partial charge < -0.3 is 10.2 Å². The summed E-state index contributed by atoms with van der Waals surface area (Å²) in [5, 5.41) is 2.80. The third-order valence-corrected chi connectivity index (χ3v) is 5.27. The minimum absolute atomic E-state index is 0.0409. The Hall–Kier alpha value is -2.90. The van der Waals surface area contributed by atoms with Crippen molar-refractivity contribution in [2.45, 2.75) is 38.8 Å². The van der Waals surface area contributed by atoms with Crippen LogP contribution in [0.3, 0.4) is 0 Å². The van der Waals surface area contributed by atoms with E-state index in [1.54, 1.807) is 17.0 Å². The number of aryl methyl sites for hydroxylation is 1. The smallest absolute Gasteiger partial charge is 0.352 e. The molecule has 0 spiro atoms. The monoisotopic (exact) mass is 419 g/mol. The lowest BCUT2D eigenvalue weighted by Gasteiger charge is -2.32.